The average molecular weight is 397 g/mol. The van der Waals surface area contributed by atoms with E-state index in [9.17, 15) is 18.4 Å². The van der Waals surface area contributed by atoms with Crippen molar-refractivity contribution in [1.82, 2.24) is 0 Å². The normalized spacial score (nSPS) is 10.6. The number of rotatable bonds is 8. The Morgan fingerprint density at radius 3 is 2.46 bits per heavy atom. The Kier molecular flexibility index (Phi) is 7.93. The third kappa shape index (κ3) is 6.34. The molecule has 0 saturated heterocycles. The maximum atomic E-state index is 12.3. The summed E-state index contributed by atoms with van der Waals surface area (Å²) in [6.07, 6.45) is 0. The molecular formula is C18H17F2NO3S2. The maximum Gasteiger partial charge on any atom is 0.339 e. The topological polar surface area (TPSA) is 55.4 Å². The second kappa shape index (κ2) is 10.2. The number of benzene rings is 2. The molecule has 0 bridgehead atoms. The van der Waals surface area contributed by atoms with Gasteiger partial charge in [-0.05, 0) is 42.2 Å². The van der Waals surface area contributed by atoms with Crippen molar-refractivity contribution in [3.8, 4) is 0 Å². The number of amides is 1. The number of carbonyl (C=O) groups excluding carboxylic acids is 2. The number of carbonyl (C=O) groups is 2. The molecule has 0 unspecified atom stereocenters. The molecule has 2 aromatic rings. The van der Waals surface area contributed by atoms with Gasteiger partial charge < -0.3 is 10.1 Å². The van der Waals surface area contributed by atoms with Crippen LogP contribution in [0.15, 0.2) is 58.3 Å². The van der Waals surface area contributed by atoms with Gasteiger partial charge in [0.1, 0.15) is 0 Å². The molecule has 0 aromatic heterocycles. The number of anilines is 1. The summed E-state index contributed by atoms with van der Waals surface area (Å²) < 4.78 is 29.6. The summed E-state index contributed by atoms with van der Waals surface area (Å²) in [4.78, 5) is 25.3. The lowest BCUT2D eigenvalue weighted by molar-refractivity contribution is -0.119. The van der Waals surface area contributed by atoms with Gasteiger partial charge in [-0.3, -0.25) is 4.79 Å². The fourth-order valence-corrected chi connectivity index (χ4v) is 3.33. The number of thioether (sulfide) groups is 2. The van der Waals surface area contributed by atoms with E-state index in [4.69, 9.17) is 4.74 Å². The van der Waals surface area contributed by atoms with E-state index in [1.807, 2.05) is 19.1 Å². The van der Waals surface area contributed by atoms with E-state index >= 15 is 0 Å². The number of esters is 1. The highest BCUT2D eigenvalue weighted by Crippen LogP contribution is 2.26. The maximum absolute atomic E-state index is 12.3. The van der Waals surface area contributed by atoms with E-state index in [0.29, 0.717) is 27.9 Å². The van der Waals surface area contributed by atoms with Crippen molar-refractivity contribution >= 4 is 41.1 Å². The highest BCUT2D eigenvalue weighted by molar-refractivity contribution is 7.99. The molecule has 0 spiro atoms. The fraction of sp³-hybridized carbons (Fsp3) is 0.222. The average Bonchev–Trinajstić information content (AvgIpc) is 2.62. The molecule has 2 rings (SSSR count). The van der Waals surface area contributed by atoms with Crippen LogP contribution in [0, 0.1) is 0 Å². The van der Waals surface area contributed by atoms with E-state index in [-0.39, 0.29) is 0 Å². The van der Waals surface area contributed by atoms with Crippen LogP contribution in [0.25, 0.3) is 0 Å². The molecule has 4 nitrogen and oxygen atoms in total. The Hall–Kier alpha value is -2.06. The standard InChI is InChI=1S/C18H17F2NO3S2/c1-2-25-15-6-4-3-5-14(15)17(23)24-11-16(22)21-12-7-9-13(10-8-12)26-18(19)20/h3-10,18H,2,11H2,1H3,(H,21,22). The van der Waals surface area contributed by atoms with E-state index in [2.05, 4.69) is 5.32 Å². The monoisotopic (exact) mass is 397 g/mol. The smallest absolute Gasteiger partial charge is 0.339 e. The molecule has 1 N–H and O–H groups in total. The molecule has 0 atom stereocenters. The fourth-order valence-electron chi connectivity index (χ4n) is 2.04. The molecular weight excluding hydrogens is 380 g/mol. The van der Waals surface area contributed by atoms with Crippen LogP contribution in [0.5, 0.6) is 0 Å². The van der Waals surface area contributed by atoms with Crippen LogP contribution in [-0.4, -0.2) is 30.0 Å². The molecule has 0 fully saturated rings. The first-order valence-electron chi connectivity index (χ1n) is 7.73. The van der Waals surface area contributed by atoms with Crippen molar-refractivity contribution in [1.29, 1.82) is 0 Å². The third-order valence-corrected chi connectivity index (χ3v) is 4.78. The second-order valence-corrected chi connectivity index (χ2v) is 7.33. The summed E-state index contributed by atoms with van der Waals surface area (Å²) in [6, 6.07) is 13.0. The van der Waals surface area contributed by atoms with Crippen molar-refractivity contribution in [2.24, 2.45) is 0 Å². The zero-order valence-corrected chi connectivity index (χ0v) is 15.5. The largest absolute Gasteiger partial charge is 0.452 e. The lowest BCUT2D eigenvalue weighted by Crippen LogP contribution is -2.21. The summed E-state index contributed by atoms with van der Waals surface area (Å²) in [5.41, 5.74) is 0.854. The van der Waals surface area contributed by atoms with Crippen LogP contribution >= 0.6 is 23.5 Å². The zero-order valence-electron chi connectivity index (χ0n) is 13.9. The lowest BCUT2D eigenvalue weighted by Gasteiger charge is -2.09. The summed E-state index contributed by atoms with van der Waals surface area (Å²) >= 11 is 1.94. The van der Waals surface area contributed by atoms with Gasteiger partial charge in [0.25, 0.3) is 11.7 Å². The molecule has 26 heavy (non-hydrogen) atoms. The molecule has 0 aliphatic rings. The minimum absolute atomic E-state index is 0.398. The Labute approximate surface area is 158 Å². The van der Waals surface area contributed by atoms with Gasteiger partial charge in [-0.25, -0.2) is 4.79 Å². The number of halogens is 2. The Morgan fingerprint density at radius 1 is 1.12 bits per heavy atom. The molecule has 8 heteroatoms. The second-order valence-electron chi connectivity index (χ2n) is 4.96. The molecule has 0 heterocycles. The van der Waals surface area contributed by atoms with Crippen LogP contribution in [0.4, 0.5) is 14.5 Å². The molecule has 138 valence electrons. The van der Waals surface area contributed by atoms with E-state index in [1.54, 1.807) is 12.1 Å². The Bertz CT molecular complexity index is 754. The minimum atomic E-state index is -2.50. The third-order valence-electron chi connectivity index (χ3n) is 3.10. The lowest BCUT2D eigenvalue weighted by atomic mass is 10.2. The van der Waals surface area contributed by atoms with Crippen molar-refractivity contribution in [2.45, 2.75) is 22.5 Å². The van der Waals surface area contributed by atoms with Gasteiger partial charge in [-0.2, -0.15) is 8.78 Å². The summed E-state index contributed by atoms with van der Waals surface area (Å²) in [7, 11) is 0. The molecule has 0 aliphatic carbocycles. The summed E-state index contributed by atoms with van der Waals surface area (Å²) in [5.74, 6) is -2.76. The minimum Gasteiger partial charge on any atom is -0.452 e. The first kappa shape index (κ1) is 20.3. The van der Waals surface area contributed by atoms with Crippen molar-refractivity contribution < 1.29 is 23.1 Å². The van der Waals surface area contributed by atoms with E-state index in [1.165, 1.54) is 36.0 Å². The molecule has 2 aromatic carbocycles. The predicted molar refractivity (Wildman–Crippen MR) is 100 cm³/mol. The highest BCUT2D eigenvalue weighted by atomic mass is 32.2. The zero-order chi connectivity index (χ0) is 18.9. The molecule has 0 saturated carbocycles. The van der Waals surface area contributed by atoms with Gasteiger partial charge >= 0.3 is 5.97 Å². The Morgan fingerprint density at radius 2 is 1.81 bits per heavy atom. The number of ether oxygens (including phenoxy) is 1. The number of alkyl halides is 2. The Balaban J connectivity index is 1.87. The van der Waals surface area contributed by atoms with Crippen molar-refractivity contribution in [3.05, 3.63) is 54.1 Å². The first-order valence-corrected chi connectivity index (χ1v) is 9.59. The summed E-state index contributed by atoms with van der Waals surface area (Å²) in [5, 5.41) is 2.55. The van der Waals surface area contributed by atoms with Crippen LogP contribution in [0.2, 0.25) is 0 Å². The van der Waals surface area contributed by atoms with Crippen LogP contribution in [-0.2, 0) is 9.53 Å². The number of nitrogens with one attached hydrogen (secondary N) is 1. The molecule has 0 radical (unpaired) electrons. The quantitative estimate of drug-likeness (QED) is 0.507. The van der Waals surface area contributed by atoms with Crippen LogP contribution < -0.4 is 5.32 Å². The van der Waals surface area contributed by atoms with Gasteiger partial charge in [0, 0.05) is 15.5 Å². The van der Waals surface area contributed by atoms with Gasteiger partial charge in [0.15, 0.2) is 6.61 Å². The van der Waals surface area contributed by atoms with Gasteiger partial charge in [-0.1, -0.05) is 30.8 Å². The number of hydrogen-bond acceptors (Lipinski definition) is 5. The molecule has 0 aliphatic heterocycles. The number of hydrogen-bond donors (Lipinski definition) is 1. The SMILES string of the molecule is CCSc1ccccc1C(=O)OCC(=O)Nc1ccc(SC(F)F)cc1. The van der Waals surface area contributed by atoms with Crippen molar-refractivity contribution in [3.63, 3.8) is 0 Å². The predicted octanol–water partition coefficient (Wildman–Crippen LogP) is 4.91. The van der Waals surface area contributed by atoms with E-state index < -0.39 is 24.2 Å². The van der Waals surface area contributed by atoms with E-state index in [0.717, 1.165) is 10.6 Å². The highest BCUT2D eigenvalue weighted by Gasteiger charge is 2.14. The van der Waals surface area contributed by atoms with Gasteiger partial charge in [0.2, 0.25) is 0 Å². The van der Waals surface area contributed by atoms with Gasteiger partial charge in [0.05, 0.1) is 5.56 Å². The molecule has 1 amide bonds. The van der Waals surface area contributed by atoms with Crippen LogP contribution in [0.1, 0.15) is 17.3 Å². The summed E-state index contributed by atoms with van der Waals surface area (Å²) in [6.45, 7) is 1.54. The van der Waals surface area contributed by atoms with Crippen LogP contribution in [0.3, 0.4) is 0 Å². The van der Waals surface area contributed by atoms with Gasteiger partial charge in [-0.15, -0.1) is 11.8 Å². The van der Waals surface area contributed by atoms with Crippen molar-refractivity contribution in [2.75, 3.05) is 17.7 Å². The first-order chi connectivity index (χ1) is 12.5.